The Bertz CT molecular complexity index is 390. The monoisotopic (exact) mass is 242 g/mol. The minimum Gasteiger partial charge on any atom is -0.243 e. The van der Waals surface area contributed by atoms with E-state index in [0.29, 0.717) is 6.54 Å². The number of aromatic nitrogens is 1. The van der Waals surface area contributed by atoms with Crippen molar-refractivity contribution in [2.45, 2.75) is 37.6 Å². The van der Waals surface area contributed by atoms with Crippen molar-refractivity contribution in [3.05, 3.63) is 24.4 Å². The summed E-state index contributed by atoms with van der Waals surface area (Å²) in [6.45, 7) is 2.61. The number of pyridine rings is 1. The molecule has 0 fully saturated rings. The van der Waals surface area contributed by atoms with E-state index < -0.39 is 10.0 Å². The molecule has 90 valence electrons. The van der Waals surface area contributed by atoms with Crippen molar-refractivity contribution in [1.29, 1.82) is 0 Å². The Morgan fingerprint density at radius 2 is 2.06 bits per heavy atom. The van der Waals surface area contributed by atoms with E-state index >= 15 is 0 Å². The van der Waals surface area contributed by atoms with Crippen molar-refractivity contribution in [2.75, 3.05) is 6.54 Å². The smallest absolute Gasteiger partial charge is 0.243 e. The highest BCUT2D eigenvalue weighted by Crippen LogP contribution is 2.04. The van der Waals surface area contributed by atoms with E-state index in [1.165, 1.54) is 12.3 Å². The van der Waals surface area contributed by atoms with Gasteiger partial charge in [-0.25, -0.2) is 18.1 Å². The Hall–Kier alpha value is -0.940. The third kappa shape index (κ3) is 4.28. The number of hydrogen-bond donors (Lipinski definition) is 1. The fourth-order valence-electron chi connectivity index (χ4n) is 1.34. The summed E-state index contributed by atoms with van der Waals surface area (Å²) in [6.07, 6.45) is 5.70. The zero-order chi connectivity index (χ0) is 11.9. The summed E-state index contributed by atoms with van der Waals surface area (Å²) in [5, 5.41) is 0.0884. The number of hydrogen-bond acceptors (Lipinski definition) is 3. The Balaban J connectivity index is 2.41. The van der Waals surface area contributed by atoms with E-state index in [9.17, 15) is 8.42 Å². The van der Waals surface area contributed by atoms with E-state index in [2.05, 4.69) is 16.6 Å². The van der Waals surface area contributed by atoms with Crippen LogP contribution in [0.2, 0.25) is 0 Å². The second kappa shape index (κ2) is 6.60. The summed E-state index contributed by atoms with van der Waals surface area (Å²) < 4.78 is 25.9. The summed E-state index contributed by atoms with van der Waals surface area (Å²) in [4.78, 5) is 3.82. The zero-order valence-electron chi connectivity index (χ0n) is 9.52. The van der Waals surface area contributed by atoms with E-state index in [4.69, 9.17) is 0 Å². The van der Waals surface area contributed by atoms with Gasteiger partial charge in [0.25, 0.3) is 10.0 Å². The van der Waals surface area contributed by atoms with Crippen molar-refractivity contribution >= 4 is 10.0 Å². The molecule has 0 unspecified atom stereocenters. The maximum absolute atomic E-state index is 11.7. The van der Waals surface area contributed by atoms with Crippen LogP contribution in [0.1, 0.15) is 32.6 Å². The topological polar surface area (TPSA) is 59.1 Å². The molecule has 0 bridgehead atoms. The maximum Gasteiger partial charge on any atom is 0.258 e. The zero-order valence-corrected chi connectivity index (χ0v) is 10.3. The van der Waals surface area contributed by atoms with Gasteiger partial charge in [-0.1, -0.05) is 32.3 Å². The molecule has 0 aliphatic heterocycles. The molecule has 1 rings (SSSR count). The lowest BCUT2D eigenvalue weighted by atomic mass is 10.2. The number of sulfonamides is 1. The first-order chi connectivity index (χ1) is 7.67. The molecule has 1 N–H and O–H groups in total. The molecule has 0 spiro atoms. The van der Waals surface area contributed by atoms with Crippen LogP contribution in [0.3, 0.4) is 0 Å². The lowest BCUT2D eigenvalue weighted by Crippen LogP contribution is -2.25. The maximum atomic E-state index is 11.7. The van der Waals surface area contributed by atoms with Gasteiger partial charge in [-0.15, -0.1) is 0 Å². The van der Waals surface area contributed by atoms with Crippen LogP contribution in [0, 0.1) is 0 Å². The van der Waals surface area contributed by atoms with E-state index in [-0.39, 0.29) is 5.03 Å². The fourth-order valence-corrected chi connectivity index (χ4v) is 2.36. The van der Waals surface area contributed by atoms with E-state index in [0.717, 1.165) is 25.7 Å². The Labute approximate surface area is 97.2 Å². The van der Waals surface area contributed by atoms with Crippen molar-refractivity contribution in [3.8, 4) is 0 Å². The van der Waals surface area contributed by atoms with Crippen LogP contribution in [0.15, 0.2) is 29.4 Å². The van der Waals surface area contributed by atoms with Gasteiger partial charge in [-0.05, 0) is 18.6 Å². The highest BCUT2D eigenvalue weighted by molar-refractivity contribution is 7.89. The van der Waals surface area contributed by atoms with Crippen LogP contribution in [0.5, 0.6) is 0 Å². The molecule has 0 aliphatic carbocycles. The summed E-state index contributed by atoms with van der Waals surface area (Å²) in [7, 11) is -3.41. The molecule has 1 aromatic heterocycles. The van der Waals surface area contributed by atoms with Gasteiger partial charge >= 0.3 is 0 Å². The molecule has 1 heterocycles. The average Bonchev–Trinajstić information content (AvgIpc) is 2.30. The lowest BCUT2D eigenvalue weighted by molar-refractivity contribution is 0.570. The van der Waals surface area contributed by atoms with Crippen LogP contribution >= 0.6 is 0 Å². The number of nitrogens with one attached hydrogen (secondary N) is 1. The predicted octanol–water partition coefficient (Wildman–Crippen LogP) is 1.94. The van der Waals surface area contributed by atoms with Gasteiger partial charge in [0.2, 0.25) is 0 Å². The normalized spacial score (nSPS) is 11.6. The first-order valence-corrected chi connectivity index (χ1v) is 7.06. The molecule has 0 amide bonds. The van der Waals surface area contributed by atoms with Gasteiger partial charge < -0.3 is 0 Å². The number of nitrogens with zero attached hydrogens (tertiary/aromatic N) is 1. The van der Waals surface area contributed by atoms with Gasteiger partial charge in [0.05, 0.1) is 0 Å². The quantitative estimate of drug-likeness (QED) is 0.743. The summed E-state index contributed by atoms with van der Waals surface area (Å²) in [6, 6.07) is 4.85. The molecule has 0 atom stereocenters. The molecule has 0 aromatic carbocycles. The van der Waals surface area contributed by atoms with Crippen LogP contribution < -0.4 is 4.72 Å². The van der Waals surface area contributed by atoms with Crippen LogP contribution in [0.25, 0.3) is 0 Å². The molecule has 1 aromatic rings. The Morgan fingerprint density at radius 3 is 2.69 bits per heavy atom. The minimum absolute atomic E-state index is 0.0884. The molecule has 4 nitrogen and oxygen atoms in total. The van der Waals surface area contributed by atoms with E-state index in [1.807, 2.05) is 0 Å². The molecule has 5 heteroatoms. The SMILES string of the molecule is CCCCCCNS(=O)(=O)c1ccccn1. The predicted molar refractivity (Wildman–Crippen MR) is 63.6 cm³/mol. The highest BCUT2D eigenvalue weighted by atomic mass is 32.2. The van der Waals surface area contributed by atoms with Gasteiger partial charge in [0, 0.05) is 12.7 Å². The minimum atomic E-state index is -3.41. The standard InChI is InChI=1S/C11H18N2O2S/c1-2-3-4-6-10-13-16(14,15)11-8-5-7-9-12-11/h5,7-9,13H,2-4,6,10H2,1H3. The largest absolute Gasteiger partial charge is 0.258 e. The first kappa shape index (κ1) is 13.1. The summed E-state index contributed by atoms with van der Waals surface area (Å²) in [5.41, 5.74) is 0. The fraction of sp³-hybridized carbons (Fsp3) is 0.545. The van der Waals surface area contributed by atoms with E-state index in [1.54, 1.807) is 12.1 Å². The molecule has 16 heavy (non-hydrogen) atoms. The average molecular weight is 242 g/mol. The van der Waals surface area contributed by atoms with Crippen molar-refractivity contribution in [3.63, 3.8) is 0 Å². The highest BCUT2D eigenvalue weighted by Gasteiger charge is 2.13. The van der Waals surface area contributed by atoms with Gasteiger partial charge in [-0.2, -0.15) is 0 Å². The van der Waals surface area contributed by atoms with Crippen molar-refractivity contribution in [2.24, 2.45) is 0 Å². The lowest BCUT2D eigenvalue weighted by Gasteiger charge is -2.05. The second-order valence-electron chi connectivity index (χ2n) is 3.63. The second-order valence-corrected chi connectivity index (χ2v) is 5.34. The van der Waals surface area contributed by atoms with Crippen LogP contribution in [-0.4, -0.2) is 19.9 Å². The van der Waals surface area contributed by atoms with Crippen LogP contribution in [0.4, 0.5) is 0 Å². The van der Waals surface area contributed by atoms with Crippen LogP contribution in [-0.2, 0) is 10.0 Å². The Kier molecular flexibility index (Phi) is 5.42. The van der Waals surface area contributed by atoms with Gasteiger partial charge in [0.15, 0.2) is 5.03 Å². The van der Waals surface area contributed by atoms with Gasteiger partial charge in [-0.3, -0.25) is 0 Å². The molecular weight excluding hydrogens is 224 g/mol. The number of unbranched alkanes of at least 4 members (excludes halogenated alkanes) is 3. The molecule has 0 saturated heterocycles. The van der Waals surface area contributed by atoms with Crippen molar-refractivity contribution < 1.29 is 8.42 Å². The molecule has 0 aliphatic rings. The number of rotatable bonds is 7. The third-order valence-corrected chi connectivity index (χ3v) is 3.61. The molecular formula is C11H18N2O2S. The first-order valence-electron chi connectivity index (χ1n) is 5.57. The summed E-state index contributed by atoms with van der Waals surface area (Å²) >= 11 is 0. The Morgan fingerprint density at radius 1 is 1.25 bits per heavy atom. The third-order valence-electron chi connectivity index (χ3n) is 2.24. The van der Waals surface area contributed by atoms with Gasteiger partial charge in [0.1, 0.15) is 0 Å². The van der Waals surface area contributed by atoms with Crippen molar-refractivity contribution in [1.82, 2.24) is 9.71 Å². The summed E-state index contributed by atoms with van der Waals surface area (Å²) in [5.74, 6) is 0. The molecule has 0 saturated carbocycles. The molecule has 0 radical (unpaired) electrons.